The molecule has 2 aromatic heterocycles. The van der Waals surface area contributed by atoms with Crippen molar-refractivity contribution in [1.29, 1.82) is 0 Å². The van der Waals surface area contributed by atoms with Gasteiger partial charge in [-0.2, -0.15) is 0 Å². The summed E-state index contributed by atoms with van der Waals surface area (Å²) in [5.74, 6) is -2.00. The third kappa shape index (κ3) is 1.93. The maximum atomic E-state index is 13.2. The van der Waals surface area contributed by atoms with Crippen LogP contribution < -0.4 is 0 Å². The molecule has 0 unspecified atom stereocenters. The molecule has 0 fully saturated rings. The van der Waals surface area contributed by atoms with Crippen molar-refractivity contribution in [1.82, 2.24) is 9.97 Å². The summed E-state index contributed by atoms with van der Waals surface area (Å²) in [6, 6.07) is 2.25. The zero-order valence-electron chi connectivity index (χ0n) is 8.02. The minimum atomic E-state index is -0.739. The van der Waals surface area contributed by atoms with Crippen molar-refractivity contribution < 1.29 is 13.6 Å². The van der Waals surface area contributed by atoms with E-state index in [0.717, 1.165) is 18.5 Å². The van der Waals surface area contributed by atoms with E-state index in [-0.39, 0.29) is 11.1 Å². The molecule has 0 bridgehead atoms. The second kappa shape index (κ2) is 4.14. The maximum Gasteiger partial charge on any atom is 0.197 e. The number of halogens is 2. The highest BCUT2D eigenvalue weighted by Crippen LogP contribution is 2.12. The van der Waals surface area contributed by atoms with Crippen molar-refractivity contribution in [2.24, 2.45) is 0 Å². The van der Waals surface area contributed by atoms with Gasteiger partial charge in [-0.25, -0.2) is 8.78 Å². The molecular weight excluding hydrogens is 214 g/mol. The second-order valence-electron chi connectivity index (χ2n) is 3.08. The number of pyridine rings is 2. The largest absolute Gasteiger partial charge is 0.288 e. The van der Waals surface area contributed by atoms with Gasteiger partial charge in [0, 0.05) is 18.0 Å². The van der Waals surface area contributed by atoms with Crippen LogP contribution in [0.5, 0.6) is 0 Å². The number of hydrogen-bond acceptors (Lipinski definition) is 3. The summed E-state index contributed by atoms with van der Waals surface area (Å²) >= 11 is 0. The molecule has 0 saturated heterocycles. The third-order valence-electron chi connectivity index (χ3n) is 1.98. The van der Waals surface area contributed by atoms with E-state index in [4.69, 9.17) is 0 Å². The van der Waals surface area contributed by atoms with E-state index in [1.165, 1.54) is 18.5 Å². The molecule has 0 aliphatic carbocycles. The zero-order valence-corrected chi connectivity index (χ0v) is 8.02. The molecule has 3 nitrogen and oxygen atoms in total. The number of carbonyl (C=O) groups is 1. The normalized spacial score (nSPS) is 10.1. The van der Waals surface area contributed by atoms with Crippen molar-refractivity contribution in [3.05, 3.63) is 59.7 Å². The lowest BCUT2D eigenvalue weighted by atomic mass is 10.1. The summed E-state index contributed by atoms with van der Waals surface area (Å²) in [6.45, 7) is 0. The Bertz CT molecular complexity index is 543. The Kier molecular flexibility index (Phi) is 2.68. The summed E-state index contributed by atoms with van der Waals surface area (Å²) in [5, 5.41) is 0. The van der Waals surface area contributed by atoms with Crippen LogP contribution in [0.1, 0.15) is 15.9 Å². The first-order valence-electron chi connectivity index (χ1n) is 4.43. The highest BCUT2D eigenvalue weighted by atomic mass is 19.1. The van der Waals surface area contributed by atoms with Crippen molar-refractivity contribution in [2.45, 2.75) is 0 Å². The Hall–Kier alpha value is -2.17. The third-order valence-corrected chi connectivity index (χ3v) is 1.98. The number of aromatic nitrogens is 2. The van der Waals surface area contributed by atoms with Crippen LogP contribution in [-0.4, -0.2) is 15.8 Å². The number of nitrogens with zero attached hydrogens (tertiary/aromatic N) is 2. The first-order chi connectivity index (χ1) is 7.68. The van der Waals surface area contributed by atoms with Crippen LogP contribution in [0, 0.1) is 11.6 Å². The number of ketones is 1. The maximum absolute atomic E-state index is 13.2. The quantitative estimate of drug-likeness (QED) is 0.727. The molecule has 0 N–H and O–H groups in total. The van der Waals surface area contributed by atoms with Gasteiger partial charge in [-0.15, -0.1) is 0 Å². The fraction of sp³-hybridized carbons (Fsp3) is 0. The fourth-order valence-electron chi connectivity index (χ4n) is 1.25. The van der Waals surface area contributed by atoms with E-state index in [1.54, 1.807) is 0 Å². The van der Waals surface area contributed by atoms with E-state index in [2.05, 4.69) is 9.97 Å². The van der Waals surface area contributed by atoms with Gasteiger partial charge in [-0.3, -0.25) is 14.8 Å². The minimum absolute atomic E-state index is 0.00472. The highest BCUT2D eigenvalue weighted by Gasteiger charge is 2.14. The van der Waals surface area contributed by atoms with Crippen molar-refractivity contribution in [3.8, 4) is 0 Å². The van der Waals surface area contributed by atoms with Crippen LogP contribution in [0.2, 0.25) is 0 Å². The molecule has 80 valence electrons. The predicted octanol–water partition coefficient (Wildman–Crippen LogP) is 1.99. The molecule has 0 atom stereocenters. The van der Waals surface area contributed by atoms with Crippen LogP contribution in [0.15, 0.2) is 36.9 Å². The van der Waals surface area contributed by atoms with Gasteiger partial charge in [0.2, 0.25) is 0 Å². The Morgan fingerprint density at radius 3 is 2.62 bits per heavy atom. The van der Waals surface area contributed by atoms with Gasteiger partial charge in [-0.1, -0.05) is 0 Å². The Labute approximate surface area is 89.8 Å². The van der Waals surface area contributed by atoms with Crippen LogP contribution in [0.3, 0.4) is 0 Å². The highest BCUT2D eigenvalue weighted by molar-refractivity contribution is 6.08. The molecule has 2 rings (SSSR count). The molecule has 2 aromatic rings. The summed E-state index contributed by atoms with van der Waals surface area (Å²) in [6.07, 6.45) is 4.38. The first-order valence-corrected chi connectivity index (χ1v) is 4.43. The Balaban J connectivity index is 2.44. The van der Waals surface area contributed by atoms with E-state index in [0.29, 0.717) is 0 Å². The van der Waals surface area contributed by atoms with E-state index in [9.17, 15) is 13.6 Å². The average molecular weight is 220 g/mol. The predicted molar refractivity (Wildman–Crippen MR) is 51.8 cm³/mol. The molecule has 0 radical (unpaired) electrons. The molecular formula is C11H6F2N2O. The Morgan fingerprint density at radius 2 is 1.94 bits per heavy atom. The smallest absolute Gasteiger partial charge is 0.197 e. The van der Waals surface area contributed by atoms with E-state index >= 15 is 0 Å². The minimum Gasteiger partial charge on any atom is -0.288 e. The van der Waals surface area contributed by atoms with Crippen molar-refractivity contribution >= 4 is 5.78 Å². The molecule has 0 amide bonds. The van der Waals surface area contributed by atoms with Crippen LogP contribution in [0.4, 0.5) is 8.78 Å². The Morgan fingerprint density at radius 1 is 1.12 bits per heavy atom. The van der Waals surface area contributed by atoms with Crippen LogP contribution in [0.25, 0.3) is 0 Å². The summed E-state index contributed by atoms with van der Waals surface area (Å²) in [4.78, 5) is 18.8. The van der Waals surface area contributed by atoms with Gasteiger partial charge < -0.3 is 0 Å². The molecule has 16 heavy (non-hydrogen) atoms. The van der Waals surface area contributed by atoms with E-state index in [1.807, 2.05) is 0 Å². The lowest BCUT2D eigenvalue weighted by Crippen LogP contribution is -2.05. The standard InChI is InChI=1S/C11H6F2N2O/c12-8-3-7(4-15-5-8)11(16)9-1-2-14-6-10(9)13/h1-6H. The molecule has 5 heteroatoms. The lowest BCUT2D eigenvalue weighted by Gasteiger charge is -2.01. The van der Waals surface area contributed by atoms with Gasteiger partial charge in [0.15, 0.2) is 11.6 Å². The zero-order chi connectivity index (χ0) is 11.5. The van der Waals surface area contributed by atoms with Gasteiger partial charge in [0.25, 0.3) is 0 Å². The van der Waals surface area contributed by atoms with Crippen molar-refractivity contribution in [3.63, 3.8) is 0 Å². The average Bonchev–Trinajstić information content (AvgIpc) is 2.29. The summed E-state index contributed by atoms with van der Waals surface area (Å²) in [5.41, 5.74) is -0.146. The fourth-order valence-corrected chi connectivity index (χ4v) is 1.25. The molecule has 0 aromatic carbocycles. The first kappa shape index (κ1) is 10.4. The van der Waals surface area contributed by atoms with Gasteiger partial charge in [0.05, 0.1) is 18.0 Å². The number of rotatable bonds is 2. The molecule has 0 spiro atoms. The van der Waals surface area contributed by atoms with Gasteiger partial charge >= 0.3 is 0 Å². The van der Waals surface area contributed by atoms with Crippen LogP contribution in [-0.2, 0) is 0 Å². The summed E-state index contributed by atoms with van der Waals surface area (Å²) in [7, 11) is 0. The number of carbonyl (C=O) groups excluding carboxylic acids is 1. The van der Waals surface area contributed by atoms with E-state index < -0.39 is 17.4 Å². The van der Waals surface area contributed by atoms with Gasteiger partial charge in [0.1, 0.15) is 5.82 Å². The number of hydrogen-bond donors (Lipinski definition) is 0. The SMILES string of the molecule is O=C(c1cncc(F)c1)c1ccncc1F. The van der Waals surface area contributed by atoms with Gasteiger partial charge in [-0.05, 0) is 12.1 Å². The molecule has 0 aliphatic rings. The monoisotopic (exact) mass is 220 g/mol. The molecule has 2 heterocycles. The van der Waals surface area contributed by atoms with Crippen LogP contribution >= 0.6 is 0 Å². The molecule has 0 saturated carbocycles. The second-order valence-corrected chi connectivity index (χ2v) is 3.08. The molecule has 0 aliphatic heterocycles. The lowest BCUT2D eigenvalue weighted by molar-refractivity contribution is 0.103. The summed E-state index contributed by atoms with van der Waals surface area (Å²) < 4.78 is 26.1. The topological polar surface area (TPSA) is 42.9 Å². The van der Waals surface area contributed by atoms with Crippen molar-refractivity contribution in [2.75, 3.05) is 0 Å².